The molecule has 2 aliphatic rings. The van der Waals surface area contributed by atoms with E-state index >= 15 is 0 Å². The molecule has 1 unspecified atom stereocenters. The van der Waals surface area contributed by atoms with Crippen molar-refractivity contribution in [3.8, 4) is 0 Å². The summed E-state index contributed by atoms with van der Waals surface area (Å²) in [6.45, 7) is 0.233. The number of rotatable bonds is 5. The van der Waals surface area contributed by atoms with Crippen molar-refractivity contribution in [2.24, 2.45) is 0 Å². The minimum atomic E-state index is -0.885. The summed E-state index contributed by atoms with van der Waals surface area (Å²) in [6.07, 6.45) is -0.0772. The summed E-state index contributed by atoms with van der Waals surface area (Å²) in [5, 5.41) is 1.19. The molecule has 4 aromatic carbocycles. The summed E-state index contributed by atoms with van der Waals surface area (Å²) in [4.78, 5) is 56.5. The van der Waals surface area contributed by atoms with Gasteiger partial charge in [0.2, 0.25) is 11.8 Å². The number of anilines is 1. The van der Waals surface area contributed by atoms with Crippen molar-refractivity contribution in [1.29, 1.82) is 0 Å². The van der Waals surface area contributed by atoms with Crippen molar-refractivity contribution in [3.05, 3.63) is 113 Å². The fraction of sp³-hybridized carbons (Fsp3) is 0.133. The molecular weight excluding hydrogens is 466 g/mol. The summed E-state index contributed by atoms with van der Waals surface area (Å²) < 4.78 is 0. The molecule has 4 amide bonds. The van der Waals surface area contributed by atoms with Crippen LogP contribution in [0.25, 0.3) is 10.8 Å². The van der Waals surface area contributed by atoms with Crippen molar-refractivity contribution in [3.63, 3.8) is 0 Å². The van der Waals surface area contributed by atoms with Gasteiger partial charge in [0.1, 0.15) is 0 Å². The number of imide groups is 2. The van der Waals surface area contributed by atoms with Crippen LogP contribution in [0.4, 0.5) is 5.69 Å². The summed E-state index contributed by atoms with van der Waals surface area (Å²) in [6, 6.07) is 25.6. The molecule has 2 N–H and O–H groups in total. The number of nitrogens with two attached hydrogens (primary N) is 1. The SMILES string of the molecule is Nc1c2c(c(C3CC(=O)N(Cc4ccccc4)C3=O)c3ccccc13)C(=O)N(Cc1ccccc1)C2=O. The first-order valence-electron chi connectivity index (χ1n) is 12.1. The summed E-state index contributed by atoms with van der Waals surface area (Å²) in [5.74, 6) is -2.58. The number of nitrogens with zero attached hydrogens (tertiary/aromatic N) is 2. The Morgan fingerprint density at radius 1 is 0.649 bits per heavy atom. The highest BCUT2D eigenvalue weighted by Crippen LogP contribution is 2.44. The first kappa shape index (κ1) is 22.7. The lowest BCUT2D eigenvalue weighted by molar-refractivity contribution is -0.139. The average Bonchev–Trinajstić information content (AvgIpc) is 3.33. The molecule has 2 aliphatic heterocycles. The van der Waals surface area contributed by atoms with Gasteiger partial charge in [-0.2, -0.15) is 0 Å². The number of hydrogen-bond donors (Lipinski definition) is 1. The summed E-state index contributed by atoms with van der Waals surface area (Å²) in [5.41, 5.74) is 8.95. The molecule has 6 rings (SSSR count). The van der Waals surface area contributed by atoms with E-state index in [9.17, 15) is 19.2 Å². The van der Waals surface area contributed by atoms with E-state index in [4.69, 9.17) is 5.73 Å². The molecule has 7 heteroatoms. The molecule has 0 aliphatic carbocycles. The Labute approximate surface area is 213 Å². The van der Waals surface area contributed by atoms with E-state index in [0.717, 1.165) is 11.1 Å². The quantitative estimate of drug-likeness (QED) is 0.334. The van der Waals surface area contributed by atoms with Crippen LogP contribution >= 0.6 is 0 Å². The maximum atomic E-state index is 13.8. The van der Waals surface area contributed by atoms with Crippen LogP contribution in [-0.2, 0) is 22.7 Å². The zero-order chi connectivity index (χ0) is 25.7. The number of likely N-dealkylation sites (tertiary alicyclic amines) is 1. The van der Waals surface area contributed by atoms with Crippen molar-refractivity contribution < 1.29 is 19.2 Å². The molecule has 37 heavy (non-hydrogen) atoms. The molecule has 1 saturated heterocycles. The first-order valence-corrected chi connectivity index (χ1v) is 12.1. The van der Waals surface area contributed by atoms with Crippen molar-refractivity contribution >= 4 is 40.1 Å². The Balaban J connectivity index is 1.48. The normalized spacial score (nSPS) is 17.2. The van der Waals surface area contributed by atoms with E-state index < -0.39 is 17.7 Å². The Morgan fingerprint density at radius 3 is 1.78 bits per heavy atom. The maximum Gasteiger partial charge on any atom is 0.263 e. The van der Waals surface area contributed by atoms with E-state index in [-0.39, 0.29) is 48.1 Å². The highest BCUT2D eigenvalue weighted by atomic mass is 16.2. The van der Waals surface area contributed by atoms with Crippen LogP contribution in [0.1, 0.15) is 49.7 Å². The average molecular weight is 490 g/mol. The van der Waals surface area contributed by atoms with E-state index in [1.165, 1.54) is 9.80 Å². The van der Waals surface area contributed by atoms with Crippen LogP contribution in [-0.4, -0.2) is 33.4 Å². The van der Waals surface area contributed by atoms with Gasteiger partial charge in [0.25, 0.3) is 11.8 Å². The number of hydrogen-bond acceptors (Lipinski definition) is 5. The fourth-order valence-corrected chi connectivity index (χ4v) is 5.41. The molecule has 7 nitrogen and oxygen atoms in total. The molecule has 1 atom stereocenters. The molecule has 0 saturated carbocycles. The van der Waals surface area contributed by atoms with Gasteiger partial charge in [-0.1, -0.05) is 84.9 Å². The molecule has 0 bridgehead atoms. The largest absolute Gasteiger partial charge is 0.398 e. The lowest BCUT2D eigenvalue weighted by atomic mass is 9.85. The van der Waals surface area contributed by atoms with Gasteiger partial charge in [-0.3, -0.25) is 29.0 Å². The van der Waals surface area contributed by atoms with Gasteiger partial charge < -0.3 is 5.73 Å². The van der Waals surface area contributed by atoms with E-state index in [0.29, 0.717) is 16.3 Å². The highest BCUT2D eigenvalue weighted by Gasteiger charge is 2.47. The number of carbonyl (C=O) groups is 4. The molecule has 0 radical (unpaired) electrons. The second-order valence-electron chi connectivity index (χ2n) is 9.37. The van der Waals surface area contributed by atoms with Crippen LogP contribution < -0.4 is 5.73 Å². The molecule has 2 heterocycles. The Kier molecular flexibility index (Phi) is 5.34. The first-order chi connectivity index (χ1) is 18.0. The second-order valence-corrected chi connectivity index (χ2v) is 9.37. The standard InChI is InChI=1S/C30H23N3O4/c31-27-21-14-8-7-13-20(21)24(22-15-23(34)32(28(22)35)16-18-9-3-1-4-10-18)25-26(27)30(37)33(29(25)36)17-19-11-5-2-6-12-19/h1-14,22H,15-17,31H2. The van der Waals surface area contributed by atoms with Gasteiger partial charge >= 0.3 is 0 Å². The molecule has 0 aromatic heterocycles. The third-order valence-electron chi connectivity index (χ3n) is 7.17. The number of amides is 4. The van der Waals surface area contributed by atoms with Crippen molar-refractivity contribution in [2.45, 2.75) is 25.4 Å². The monoisotopic (exact) mass is 489 g/mol. The minimum absolute atomic E-state index is 0.0772. The van der Waals surface area contributed by atoms with E-state index in [1.807, 2.05) is 60.7 Å². The molecule has 182 valence electrons. The van der Waals surface area contributed by atoms with Gasteiger partial charge in [-0.05, 0) is 22.1 Å². The van der Waals surface area contributed by atoms with Crippen LogP contribution in [0.2, 0.25) is 0 Å². The lowest BCUT2D eigenvalue weighted by Gasteiger charge is -2.19. The van der Waals surface area contributed by atoms with Crippen LogP contribution in [0.15, 0.2) is 84.9 Å². The van der Waals surface area contributed by atoms with E-state index in [1.54, 1.807) is 24.3 Å². The zero-order valence-corrected chi connectivity index (χ0v) is 19.9. The second kappa shape index (κ2) is 8.71. The zero-order valence-electron chi connectivity index (χ0n) is 19.9. The highest BCUT2D eigenvalue weighted by molar-refractivity contribution is 6.28. The van der Waals surface area contributed by atoms with Gasteiger partial charge in [0, 0.05) is 11.8 Å². The molecule has 1 fully saturated rings. The maximum absolute atomic E-state index is 13.8. The Morgan fingerprint density at radius 2 is 1.16 bits per heavy atom. The van der Waals surface area contributed by atoms with Gasteiger partial charge in [-0.25, -0.2) is 0 Å². The Bertz CT molecular complexity index is 1600. The minimum Gasteiger partial charge on any atom is -0.398 e. The lowest BCUT2D eigenvalue weighted by Crippen LogP contribution is -2.30. The summed E-state index contributed by atoms with van der Waals surface area (Å²) in [7, 11) is 0. The third-order valence-corrected chi connectivity index (χ3v) is 7.17. The van der Waals surface area contributed by atoms with Crippen molar-refractivity contribution in [2.75, 3.05) is 5.73 Å². The van der Waals surface area contributed by atoms with Gasteiger partial charge in [0.15, 0.2) is 0 Å². The Hall–Kier alpha value is -4.78. The third kappa shape index (κ3) is 3.59. The summed E-state index contributed by atoms with van der Waals surface area (Å²) >= 11 is 0. The smallest absolute Gasteiger partial charge is 0.263 e. The molecular formula is C30H23N3O4. The van der Waals surface area contributed by atoms with Crippen LogP contribution in [0.5, 0.6) is 0 Å². The number of benzene rings is 4. The number of fused-ring (bicyclic) bond motifs is 2. The van der Waals surface area contributed by atoms with Crippen LogP contribution in [0.3, 0.4) is 0 Å². The van der Waals surface area contributed by atoms with Crippen LogP contribution in [0, 0.1) is 0 Å². The van der Waals surface area contributed by atoms with Gasteiger partial charge in [0.05, 0.1) is 35.8 Å². The predicted molar refractivity (Wildman–Crippen MR) is 138 cm³/mol. The fourth-order valence-electron chi connectivity index (χ4n) is 5.41. The topological polar surface area (TPSA) is 101 Å². The number of nitrogen functional groups attached to an aromatic ring is 1. The molecule has 4 aromatic rings. The molecule has 0 spiro atoms. The number of carbonyl (C=O) groups excluding carboxylic acids is 4. The van der Waals surface area contributed by atoms with Gasteiger partial charge in [-0.15, -0.1) is 0 Å². The van der Waals surface area contributed by atoms with Crippen molar-refractivity contribution in [1.82, 2.24) is 9.80 Å². The van der Waals surface area contributed by atoms with E-state index in [2.05, 4.69) is 0 Å². The predicted octanol–water partition coefficient (Wildman–Crippen LogP) is 4.26.